The number of aryl methyl sites for hydroxylation is 1. The maximum atomic E-state index is 11.9. The zero-order valence-corrected chi connectivity index (χ0v) is 17.5. The highest BCUT2D eigenvalue weighted by atomic mass is 16.5. The summed E-state index contributed by atoms with van der Waals surface area (Å²) in [6.07, 6.45) is 4.12. The van der Waals surface area contributed by atoms with Crippen LogP contribution in [-0.2, 0) is 11.3 Å². The Morgan fingerprint density at radius 2 is 2.03 bits per heavy atom. The Morgan fingerprint density at radius 3 is 2.76 bits per heavy atom. The van der Waals surface area contributed by atoms with Crippen molar-refractivity contribution < 1.29 is 13.9 Å². The minimum atomic E-state index is 0.328. The molecule has 6 heteroatoms. The van der Waals surface area contributed by atoms with E-state index in [0.29, 0.717) is 24.3 Å². The number of hydrogen-bond donors (Lipinski definition) is 0. The zero-order valence-electron chi connectivity index (χ0n) is 17.5. The van der Waals surface area contributed by atoms with E-state index in [-0.39, 0.29) is 0 Å². The fourth-order valence-electron chi connectivity index (χ4n) is 4.42. The van der Waals surface area contributed by atoms with E-state index in [4.69, 9.17) is 14.1 Å². The molecule has 1 amide bonds. The van der Waals surface area contributed by atoms with Gasteiger partial charge in [-0.05, 0) is 69.8 Å². The van der Waals surface area contributed by atoms with Gasteiger partial charge in [0.05, 0.1) is 12.3 Å². The average Bonchev–Trinajstić information content (AvgIpc) is 3.29. The fourth-order valence-corrected chi connectivity index (χ4v) is 4.42. The maximum absolute atomic E-state index is 11.9. The van der Waals surface area contributed by atoms with Crippen molar-refractivity contribution in [3.63, 3.8) is 0 Å². The summed E-state index contributed by atoms with van der Waals surface area (Å²) in [5.41, 5.74) is 1.97. The van der Waals surface area contributed by atoms with Crippen LogP contribution in [0.15, 0.2) is 28.7 Å². The molecule has 0 saturated carbocycles. The van der Waals surface area contributed by atoms with Crippen molar-refractivity contribution in [3.8, 4) is 17.2 Å². The molecule has 0 bridgehead atoms. The average molecular weight is 398 g/mol. The Kier molecular flexibility index (Phi) is 6.19. The topological polar surface area (TPSA) is 58.8 Å². The third-order valence-electron chi connectivity index (χ3n) is 5.93. The number of oxazole rings is 1. The van der Waals surface area contributed by atoms with Crippen LogP contribution >= 0.6 is 0 Å². The molecule has 2 aliphatic rings. The van der Waals surface area contributed by atoms with Gasteiger partial charge in [-0.15, -0.1) is 0 Å². The minimum Gasteiger partial charge on any atom is -0.494 e. The van der Waals surface area contributed by atoms with Gasteiger partial charge in [0.1, 0.15) is 11.5 Å². The number of benzene rings is 1. The summed E-state index contributed by atoms with van der Waals surface area (Å²) < 4.78 is 11.5. The summed E-state index contributed by atoms with van der Waals surface area (Å²) in [6.45, 7) is 9.37. The summed E-state index contributed by atoms with van der Waals surface area (Å²) in [7, 11) is 0. The number of piperidine rings is 1. The Hall–Kier alpha value is -2.34. The second-order valence-electron chi connectivity index (χ2n) is 8.17. The van der Waals surface area contributed by atoms with Gasteiger partial charge in [-0.2, -0.15) is 0 Å². The van der Waals surface area contributed by atoms with Gasteiger partial charge in [-0.25, -0.2) is 4.98 Å². The van der Waals surface area contributed by atoms with Crippen molar-refractivity contribution in [3.05, 3.63) is 35.7 Å². The maximum Gasteiger partial charge on any atom is 0.226 e. The summed E-state index contributed by atoms with van der Waals surface area (Å²) in [5, 5.41) is 0. The quantitative estimate of drug-likeness (QED) is 0.710. The van der Waals surface area contributed by atoms with Gasteiger partial charge < -0.3 is 14.1 Å². The Labute approximate surface area is 172 Å². The number of rotatable bonds is 7. The van der Waals surface area contributed by atoms with Gasteiger partial charge in [-0.3, -0.25) is 9.69 Å². The van der Waals surface area contributed by atoms with Crippen molar-refractivity contribution in [2.24, 2.45) is 5.92 Å². The second kappa shape index (κ2) is 8.99. The Balaban J connectivity index is 1.38. The van der Waals surface area contributed by atoms with Crippen molar-refractivity contribution >= 4 is 5.91 Å². The van der Waals surface area contributed by atoms with E-state index in [0.717, 1.165) is 68.3 Å². The second-order valence-corrected chi connectivity index (χ2v) is 8.17. The molecule has 1 atom stereocenters. The van der Waals surface area contributed by atoms with Crippen LogP contribution in [0.25, 0.3) is 11.5 Å². The third-order valence-corrected chi connectivity index (χ3v) is 5.93. The highest BCUT2D eigenvalue weighted by Crippen LogP contribution is 2.26. The molecule has 4 rings (SSSR count). The molecule has 0 N–H and O–H groups in total. The Bertz CT molecular complexity index is 830. The number of ether oxygens (including phenoxy) is 1. The van der Waals surface area contributed by atoms with Crippen LogP contribution in [0.3, 0.4) is 0 Å². The molecule has 0 unspecified atom stereocenters. The predicted molar refractivity (Wildman–Crippen MR) is 112 cm³/mol. The SMILES string of the molecule is CCOc1ccc(-c2nc(CN3CCC[C@H](CN4CCCC4=O)C3)c(C)o2)cc1. The van der Waals surface area contributed by atoms with Crippen LogP contribution in [-0.4, -0.2) is 53.5 Å². The van der Waals surface area contributed by atoms with Gasteiger partial charge >= 0.3 is 0 Å². The summed E-state index contributed by atoms with van der Waals surface area (Å²) >= 11 is 0. The van der Waals surface area contributed by atoms with Gasteiger partial charge in [0.15, 0.2) is 0 Å². The van der Waals surface area contributed by atoms with Crippen molar-refractivity contribution in [2.45, 2.75) is 46.1 Å². The summed E-state index contributed by atoms with van der Waals surface area (Å²) in [4.78, 5) is 21.2. The number of aromatic nitrogens is 1. The van der Waals surface area contributed by atoms with Crippen molar-refractivity contribution in [2.75, 3.05) is 32.8 Å². The number of likely N-dealkylation sites (tertiary alicyclic amines) is 2. The molecule has 2 aliphatic heterocycles. The fraction of sp³-hybridized carbons (Fsp3) is 0.565. The van der Waals surface area contributed by atoms with Crippen LogP contribution in [0, 0.1) is 12.8 Å². The van der Waals surface area contributed by atoms with E-state index in [1.54, 1.807) is 0 Å². The van der Waals surface area contributed by atoms with Crippen LogP contribution in [0.5, 0.6) is 5.75 Å². The largest absolute Gasteiger partial charge is 0.494 e. The first-order chi connectivity index (χ1) is 14.1. The number of amides is 1. The van der Waals surface area contributed by atoms with Crippen molar-refractivity contribution in [1.29, 1.82) is 0 Å². The van der Waals surface area contributed by atoms with E-state index in [2.05, 4.69) is 9.80 Å². The molecule has 6 nitrogen and oxygen atoms in total. The first-order valence-electron chi connectivity index (χ1n) is 10.8. The molecule has 2 saturated heterocycles. The van der Waals surface area contributed by atoms with Crippen LogP contribution in [0.4, 0.5) is 0 Å². The predicted octanol–water partition coefficient (Wildman–Crippen LogP) is 3.88. The summed E-state index contributed by atoms with van der Waals surface area (Å²) in [5.74, 6) is 3.29. The molecule has 0 radical (unpaired) electrons. The van der Waals surface area contributed by atoms with Gasteiger partial charge in [0, 0.05) is 38.2 Å². The molecule has 3 heterocycles. The van der Waals surface area contributed by atoms with E-state index in [9.17, 15) is 4.79 Å². The third kappa shape index (κ3) is 4.81. The lowest BCUT2D eigenvalue weighted by molar-refractivity contribution is -0.128. The van der Waals surface area contributed by atoms with Crippen molar-refractivity contribution in [1.82, 2.24) is 14.8 Å². The first-order valence-corrected chi connectivity index (χ1v) is 10.8. The van der Waals surface area contributed by atoms with Gasteiger partial charge in [-0.1, -0.05) is 0 Å². The van der Waals surface area contributed by atoms with E-state index in [1.807, 2.05) is 38.1 Å². The molecule has 156 valence electrons. The van der Waals surface area contributed by atoms with E-state index < -0.39 is 0 Å². The number of hydrogen-bond acceptors (Lipinski definition) is 5. The van der Waals surface area contributed by atoms with Crippen LogP contribution in [0.1, 0.15) is 44.1 Å². The minimum absolute atomic E-state index is 0.328. The molecule has 2 aromatic rings. The highest BCUT2D eigenvalue weighted by Gasteiger charge is 2.27. The lowest BCUT2D eigenvalue weighted by Gasteiger charge is -2.34. The standard InChI is InChI=1S/C23H31N3O3/c1-3-28-20-10-8-19(9-11-20)23-24-21(17(2)29-23)16-25-12-4-6-18(14-25)15-26-13-5-7-22(26)27/h8-11,18H,3-7,12-16H2,1-2H3/t18-/m0/s1. The monoisotopic (exact) mass is 397 g/mol. The number of carbonyl (C=O) groups excluding carboxylic acids is 1. The lowest BCUT2D eigenvalue weighted by Crippen LogP contribution is -2.41. The van der Waals surface area contributed by atoms with Gasteiger partial charge in [0.25, 0.3) is 0 Å². The van der Waals surface area contributed by atoms with E-state index in [1.165, 1.54) is 12.8 Å². The summed E-state index contributed by atoms with van der Waals surface area (Å²) in [6, 6.07) is 7.88. The molecule has 0 spiro atoms. The molecular formula is C23H31N3O3. The zero-order chi connectivity index (χ0) is 20.2. The van der Waals surface area contributed by atoms with Gasteiger partial charge in [0.2, 0.25) is 11.8 Å². The molecule has 1 aromatic heterocycles. The van der Waals surface area contributed by atoms with E-state index >= 15 is 0 Å². The smallest absolute Gasteiger partial charge is 0.226 e. The molecule has 2 fully saturated rings. The lowest BCUT2D eigenvalue weighted by atomic mass is 9.97. The Morgan fingerprint density at radius 1 is 1.21 bits per heavy atom. The number of nitrogens with zero attached hydrogens (tertiary/aromatic N) is 3. The molecular weight excluding hydrogens is 366 g/mol. The molecule has 29 heavy (non-hydrogen) atoms. The van der Waals surface area contributed by atoms with Crippen LogP contribution in [0.2, 0.25) is 0 Å². The number of carbonyl (C=O) groups is 1. The van der Waals surface area contributed by atoms with Crippen LogP contribution < -0.4 is 4.74 Å². The molecule has 1 aromatic carbocycles. The highest BCUT2D eigenvalue weighted by molar-refractivity contribution is 5.78. The normalized spacial score (nSPS) is 20.4. The first kappa shape index (κ1) is 20.0. The molecule has 0 aliphatic carbocycles.